The predicted molar refractivity (Wildman–Crippen MR) is 111 cm³/mol. The van der Waals surface area contributed by atoms with Crippen molar-refractivity contribution in [3.63, 3.8) is 0 Å². The Kier molecular flexibility index (Phi) is 5.60. The van der Waals surface area contributed by atoms with Crippen LogP contribution in [0.25, 0.3) is 0 Å². The number of likely N-dealkylation sites (tertiary alicyclic amines) is 1. The van der Waals surface area contributed by atoms with Crippen molar-refractivity contribution in [2.75, 3.05) is 37.7 Å². The normalized spacial score (nSPS) is 26.0. The van der Waals surface area contributed by atoms with E-state index >= 15 is 0 Å². The highest BCUT2D eigenvalue weighted by Gasteiger charge is 2.39. The summed E-state index contributed by atoms with van der Waals surface area (Å²) in [5.74, 6) is 2.43. The van der Waals surface area contributed by atoms with E-state index < -0.39 is 0 Å². The molecular formula is C22H30N2O2S. The summed E-state index contributed by atoms with van der Waals surface area (Å²) >= 11 is 1.96. The summed E-state index contributed by atoms with van der Waals surface area (Å²) in [5.41, 5.74) is 2.94. The first kappa shape index (κ1) is 19.0. The number of carbonyl (C=O) groups excluding carboxylic acids is 2. The van der Waals surface area contributed by atoms with Crippen LogP contribution in [0.5, 0.6) is 0 Å². The molecule has 0 radical (unpaired) electrons. The third-order valence-electron chi connectivity index (χ3n) is 6.28. The lowest BCUT2D eigenvalue weighted by Gasteiger charge is -2.39. The highest BCUT2D eigenvalue weighted by molar-refractivity contribution is 7.99. The molecule has 1 aliphatic carbocycles. The summed E-state index contributed by atoms with van der Waals surface area (Å²) < 4.78 is 0. The van der Waals surface area contributed by atoms with Crippen LogP contribution in [0.3, 0.4) is 0 Å². The van der Waals surface area contributed by atoms with E-state index in [2.05, 4.69) is 29.7 Å². The van der Waals surface area contributed by atoms with Crippen molar-refractivity contribution in [2.45, 2.75) is 51.0 Å². The molecule has 4 nitrogen and oxygen atoms in total. The van der Waals surface area contributed by atoms with Gasteiger partial charge in [-0.2, -0.15) is 11.8 Å². The van der Waals surface area contributed by atoms with Gasteiger partial charge in [0.2, 0.25) is 5.91 Å². The second-order valence-corrected chi connectivity index (χ2v) is 9.60. The minimum absolute atomic E-state index is 0.126. The van der Waals surface area contributed by atoms with Crippen LogP contribution in [0.15, 0.2) is 18.2 Å². The van der Waals surface area contributed by atoms with Crippen molar-refractivity contribution < 1.29 is 9.59 Å². The fraction of sp³-hybridized carbons (Fsp3) is 0.636. The maximum Gasteiger partial charge on any atom is 0.230 e. The lowest BCUT2D eigenvalue weighted by Crippen LogP contribution is -2.52. The van der Waals surface area contributed by atoms with E-state index in [0.717, 1.165) is 48.8 Å². The Hall–Kier alpha value is -1.33. The number of nitrogens with zero attached hydrogens (tertiary/aromatic N) is 2. The van der Waals surface area contributed by atoms with Gasteiger partial charge in [0, 0.05) is 36.6 Å². The minimum atomic E-state index is -0.282. The molecule has 2 aliphatic heterocycles. The molecule has 2 saturated heterocycles. The summed E-state index contributed by atoms with van der Waals surface area (Å²) in [5, 5.41) is 0. The molecule has 0 saturated carbocycles. The molecule has 2 fully saturated rings. The Labute approximate surface area is 166 Å². The highest BCUT2D eigenvalue weighted by Crippen LogP contribution is 2.37. The summed E-state index contributed by atoms with van der Waals surface area (Å²) in [6.45, 7) is 8.42. The average molecular weight is 387 g/mol. The fourth-order valence-corrected chi connectivity index (χ4v) is 5.72. The van der Waals surface area contributed by atoms with Crippen LogP contribution in [0.4, 0.5) is 0 Å². The summed E-state index contributed by atoms with van der Waals surface area (Å²) in [6.07, 6.45) is 2.89. The number of thioether (sulfide) groups is 1. The first-order chi connectivity index (χ1) is 13.0. The molecule has 5 heteroatoms. The zero-order valence-corrected chi connectivity index (χ0v) is 17.3. The Balaban J connectivity index is 1.56. The SMILES string of the molecule is CC(C)c1ccc2c(c1)C(C(=O)N1CCSCC1CN1CCCC1)CC2=O. The number of Topliss-reactive ketones (excluding diaryl/α,β-unsaturated/α-hetero) is 1. The maximum absolute atomic E-state index is 13.5. The number of fused-ring (bicyclic) bond motifs is 1. The minimum Gasteiger partial charge on any atom is -0.336 e. The molecule has 0 aromatic heterocycles. The summed E-state index contributed by atoms with van der Waals surface area (Å²) in [4.78, 5) is 30.6. The lowest BCUT2D eigenvalue weighted by atomic mass is 9.93. The Bertz CT molecular complexity index is 727. The molecule has 2 heterocycles. The monoisotopic (exact) mass is 386 g/mol. The van der Waals surface area contributed by atoms with Gasteiger partial charge in [-0.15, -0.1) is 0 Å². The number of hydrogen-bond donors (Lipinski definition) is 0. The number of rotatable bonds is 4. The van der Waals surface area contributed by atoms with E-state index in [-0.39, 0.29) is 23.7 Å². The van der Waals surface area contributed by atoms with Gasteiger partial charge in [0.15, 0.2) is 5.78 Å². The number of benzene rings is 1. The topological polar surface area (TPSA) is 40.6 Å². The third-order valence-corrected chi connectivity index (χ3v) is 7.38. The Morgan fingerprint density at radius 3 is 2.74 bits per heavy atom. The van der Waals surface area contributed by atoms with Crippen LogP contribution in [0, 0.1) is 0 Å². The number of carbonyl (C=O) groups is 2. The van der Waals surface area contributed by atoms with Gasteiger partial charge >= 0.3 is 0 Å². The van der Waals surface area contributed by atoms with Gasteiger partial charge in [0.05, 0.1) is 12.0 Å². The number of ketones is 1. The fourth-order valence-electron chi connectivity index (χ4n) is 4.67. The predicted octanol–water partition coefficient (Wildman–Crippen LogP) is 3.52. The Morgan fingerprint density at radius 2 is 2.00 bits per heavy atom. The quantitative estimate of drug-likeness (QED) is 0.794. The molecule has 2 unspecified atom stereocenters. The zero-order valence-electron chi connectivity index (χ0n) is 16.4. The van der Waals surface area contributed by atoms with E-state index in [1.54, 1.807) is 0 Å². The van der Waals surface area contributed by atoms with Crippen molar-refractivity contribution in [2.24, 2.45) is 0 Å². The smallest absolute Gasteiger partial charge is 0.230 e. The molecule has 146 valence electrons. The molecule has 0 bridgehead atoms. The average Bonchev–Trinajstić information content (AvgIpc) is 3.29. The molecule has 0 spiro atoms. The van der Waals surface area contributed by atoms with Crippen molar-refractivity contribution in [3.8, 4) is 0 Å². The van der Waals surface area contributed by atoms with Gasteiger partial charge < -0.3 is 9.80 Å². The van der Waals surface area contributed by atoms with E-state index in [0.29, 0.717) is 12.3 Å². The third kappa shape index (κ3) is 3.81. The van der Waals surface area contributed by atoms with Crippen molar-refractivity contribution in [1.29, 1.82) is 0 Å². The molecular weight excluding hydrogens is 356 g/mol. The van der Waals surface area contributed by atoms with Gasteiger partial charge in [-0.05, 0) is 43.0 Å². The number of amides is 1. The first-order valence-electron chi connectivity index (χ1n) is 10.3. The van der Waals surface area contributed by atoms with Gasteiger partial charge in [-0.1, -0.05) is 32.0 Å². The number of hydrogen-bond acceptors (Lipinski definition) is 4. The zero-order chi connectivity index (χ0) is 19.0. The molecule has 4 rings (SSSR count). The van der Waals surface area contributed by atoms with Crippen LogP contribution in [0.1, 0.15) is 66.4 Å². The molecule has 27 heavy (non-hydrogen) atoms. The molecule has 2 atom stereocenters. The summed E-state index contributed by atoms with van der Waals surface area (Å²) in [7, 11) is 0. The highest BCUT2D eigenvalue weighted by atomic mass is 32.2. The lowest BCUT2D eigenvalue weighted by molar-refractivity contribution is -0.134. The molecule has 1 amide bonds. The standard InChI is InChI=1S/C22H30N2O2S/c1-15(2)16-5-6-18-19(11-16)20(12-21(18)25)22(26)24-9-10-27-14-17(24)13-23-7-3-4-8-23/h5-6,11,15,17,20H,3-4,7-10,12-14H2,1-2H3. The van der Waals surface area contributed by atoms with E-state index in [1.807, 2.05) is 23.9 Å². The largest absolute Gasteiger partial charge is 0.336 e. The van der Waals surface area contributed by atoms with Gasteiger partial charge in [-0.25, -0.2) is 0 Å². The molecule has 0 N–H and O–H groups in total. The van der Waals surface area contributed by atoms with Gasteiger partial charge in [0.25, 0.3) is 0 Å². The van der Waals surface area contributed by atoms with Crippen LogP contribution < -0.4 is 0 Å². The Morgan fingerprint density at radius 1 is 1.22 bits per heavy atom. The van der Waals surface area contributed by atoms with Gasteiger partial charge in [0.1, 0.15) is 0 Å². The summed E-state index contributed by atoms with van der Waals surface area (Å²) in [6, 6.07) is 6.37. The first-order valence-corrected chi connectivity index (χ1v) is 11.5. The van der Waals surface area contributed by atoms with Crippen LogP contribution in [-0.2, 0) is 4.79 Å². The maximum atomic E-state index is 13.5. The second-order valence-electron chi connectivity index (χ2n) is 8.45. The van der Waals surface area contributed by atoms with Crippen LogP contribution in [0.2, 0.25) is 0 Å². The second kappa shape index (κ2) is 7.96. The van der Waals surface area contributed by atoms with Gasteiger partial charge in [-0.3, -0.25) is 9.59 Å². The van der Waals surface area contributed by atoms with Crippen molar-refractivity contribution in [1.82, 2.24) is 9.80 Å². The van der Waals surface area contributed by atoms with Crippen LogP contribution >= 0.6 is 11.8 Å². The van der Waals surface area contributed by atoms with Crippen LogP contribution in [-0.4, -0.2) is 65.2 Å². The van der Waals surface area contributed by atoms with Crippen molar-refractivity contribution in [3.05, 3.63) is 34.9 Å². The van der Waals surface area contributed by atoms with E-state index in [9.17, 15) is 9.59 Å². The van der Waals surface area contributed by atoms with Crippen molar-refractivity contribution >= 4 is 23.5 Å². The molecule has 1 aromatic rings. The van der Waals surface area contributed by atoms with E-state index in [4.69, 9.17) is 0 Å². The molecule has 3 aliphatic rings. The molecule has 1 aromatic carbocycles. The van der Waals surface area contributed by atoms with E-state index in [1.165, 1.54) is 18.4 Å².